The molecule has 2 heterocycles. The Morgan fingerprint density at radius 3 is 2.68 bits per heavy atom. The highest BCUT2D eigenvalue weighted by molar-refractivity contribution is 7.92. The van der Waals surface area contributed by atoms with Crippen LogP contribution in [0.25, 0.3) is 0 Å². The van der Waals surface area contributed by atoms with E-state index >= 15 is 0 Å². The molecule has 0 amide bonds. The van der Waals surface area contributed by atoms with Crippen LogP contribution in [0.2, 0.25) is 0 Å². The zero-order valence-corrected chi connectivity index (χ0v) is 11.4. The third-order valence-corrected chi connectivity index (χ3v) is 3.91. The van der Waals surface area contributed by atoms with E-state index in [4.69, 9.17) is 5.73 Å². The highest BCUT2D eigenvalue weighted by atomic mass is 32.2. The molecule has 0 aliphatic rings. The molecule has 0 unspecified atom stereocenters. The van der Waals surface area contributed by atoms with Crippen molar-refractivity contribution in [3.63, 3.8) is 0 Å². The third-order valence-electron chi connectivity index (χ3n) is 2.49. The summed E-state index contributed by atoms with van der Waals surface area (Å²) in [5.41, 5.74) is 6.17. The first-order chi connectivity index (χ1) is 8.90. The molecule has 0 atom stereocenters. The number of hydrogen-bond acceptors (Lipinski definition) is 5. The number of rotatable bonds is 4. The van der Waals surface area contributed by atoms with Crippen molar-refractivity contribution in [2.45, 2.75) is 24.8 Å². The first-order valence-electron chi connectivity index (χ1n) is 5.66. The Morgan fingerprint density at radius 1 is 1.37 bits per heavy atom. The SMILES string of the molecule is CC(C)n1cc(NS(=O)(=O)c2cnccc2N)cn1. The van der Waals surface area contributed by atoms with Gasteiger partial charge in [-0.25, -0.2) is 8.42 Å². The fraction of sp³-hybridized carbons (Fsp3) is 0.273. The van der Waals surface area contributed by atoms with Gasteiger partial charge in [-0.3, -0.25) is 14.4 Å². The van der Waals surface area contributed by atoms with E-state index in [1.165, 1.54) is 24.7 Å². The molecule has 0 radical (unpaired) electrons. The number of pyridine rings is 1. The fourth-order valence-corrected chi connectivity index (χ4v) is 2.60. The second-order valence-electron chi connectivity index (χ2n) is 4.32. The lowest BCUT2D eigenvalue weighted by molar-refractivity contribution is 0.532. The largest absolute Gasteiger partial charge is 0.398 e. The fourth-order valence-electron chi connectivity index (χ4n) is 1.50. The van der Waals surface area contributed by atoms with Crippen molar-refractivity contribution < 1.29 is 8.42 Å². The van der Waals surface area contributed by atoms with Gasteiger partial charge in [0.25, 0.3) is 10.0 Å². The second-order valence-corrected chi connectivity index (χ2v) is 5.97. The Bertz CT molecular complexity index is 678. The van der Waals surface area contributed by atoms with Gasteiger partial charge in [-0.05, 0) is 19.9 Å². The zero-order valence-electron chi connectivity index (χ0n) is 10.6. The zero-order chi connectivity index (χ0) is 14.0. The van der Waals surface area contributed by atoms with Crippen LogP contribution >= 0.6 is 0 Å². The van der Waals surface area contributed by atoms with Gasteiger partial charge in [0, 0.05) is 24.6 Å². The van der Waals surface area contributed by atoms with E-state index in [9.17, 15) is 8.42 Å². The number of nitrogens with one attached hydrogen (secondary N) is 1. The van der Waals surface area contributed by atoms with Gasteiger partial charge in [-0.15, -0.1) is 0 Å². The summed E-state index contributed by atoms with van der Waals surface area (Å²) in [5, 5.41) is 4.06. The van der Waals surface area contributed by atoms with Gasteiger partial charge in [0.05, 0.1) is 17.6 Å². The molecule has 8 heteroatoms. The van der Waals surface area contributed by atoms with Gasteiger partial charge in [-0.1, -0.05) is 0 Å². The topological polar surface area (TPSA) is 103 Å². The molecule has 2 rings (SSSR count). The van der Waals surface area contributed by atoms with Crippen molar-refractivity contribution in [3.05, 3.63) is 30.9 Å². The predicted octanol–water partition coefficient (Wildman–Crippen LogP) is 1.24. The number of anilines is 2. The van der Waals surface area contributed by atoms with Gasteiger partial charge in [-0.2, -0.15) is 5.10 Å². The first kappa shape index (κ1) is 13.3. The monoisotopic (exact) mass is 281 g/mol. The minimum atomic E-state index is -3.75. The molecule has 2 aromatic heterocycles. The van der Waals surface area contributed by atoms with Crippen LogP contribution in [0.3, 0.4) is 0 Å². The highest BCUT2D eigenvalue weighted by Crippen LogP contribution is 2.20. The maximum Gasteiger partial charge on any atom is 0.265 e. The van der Waals surface area contributed by atoms with Crippen LogP contribution < -0.4 is 10.5 Å². The summed E-state index contributed by atoms with van der Waals surface area (Å²) in [6.45, 7) is 3.90. The summed E-state index contributed by atoms with van der Waals surface area (Å²) in [6.07, 6.45) is 5.72. The van der Waals surface area contributed by atoms with Crippen molar-refractivity contribution in [2.24, 2.45) is 0 Å². The standard InChI is InChI=1S/C11H15N5O2S/c1-8(2)16-7-9(5-14-16)15-19(17,18)11-6-13-4-3-10(11)12/h3-8,15H,1-2H3,(H2,12,13). The van der Waals surface area contributed by atoms with E-state index in [2.05, 4.69) is 14.8 Å². The molecule has 19 heavy (non-hydrogen) atoms. The van der Waals surface area contributed by atoms with Gasteiger partial charge in [0.1, 0.15) is 4.90 Å². The van der Waals surface area contributed by atoms with E-state index in [1.807, 2.05) is 13.8 Å². The second kappa shape index (κ2) is 4.88. The Balaban J connectivity index is 2.29. The van der Waals surface area contributed by atoms with Crippen molar-refractivity contribution >= 4 is 21.4 Å². The molecule has 0 spiro atoms. The molecule has 0 saturated carbocycles. The molecular formula is C11H15N5O2S. The minimum absolute atomic E-state index is 0.0488. The Morgan fingerprint density at radius 2 is 2.11 bits per heavy atom. The summed E-state index contributed by atoms with van der Waals surface area (Å²) in [7, 11) is -3.75. The summed E-state index contributed by atoms with van der Waals surface area (Å²) >= 11 is 0. The van der Waals surface area contributed by atoms with E-state index in [1.54, 1.807) is 10.9 Å². The number of nitrogens with two attached hydrogens (primary N) is 1. The van der Waals surface area contributed by atoms with Gasteiger partial charge in [0.2, 0.25) is 0 Å². The number of nitrogen functional groups attached to an aromatic ring is 1. The van der Waals surface area contributed by atoms with E-state index in [0.29, 0.717) is 5.69 Å². The third kappa shape index (κ3) is 2.84. The lowest BCUT2D eigenvalue weighted by Crippen LogP contribution is -2.14. The summed E-state index contributed by atoms with van der Waals surface area (Å²) in [6, 6.07) is 1.59. The quantitative estimate of drug-likeness (QED) is 0.877. The number of nitrogens with zero attached hydrogens (tertiary/aromatic N) is 3. The molecule has 0 saturated heterocycles. The van der Waals surface area contributed by atoms with Crippen LogP contribution in [0.15, 0.2) is 35.7 Å². The van der Waals surface area contributed by atoms with Crippen LogP contribution in [-0.4, -0.2) is 23.2 Å². The molecule has 0 fully saturated rings. The van der Waals surface area contributed by atoms with Crippen LogP contribution in [0.4, 0.5) is 11.4 Å². The number of hydrogen-bond donors (Lipinski definition) is 2. The molecule has 0 aliphatic heterocycles. The maximum absolute atomic E-state index is 12.1. The molecule has 102 valence electrons. The van der Waals surface area contributed by atoms with E-state index in [-0.39, 0.29) is 16.6 Å². The molecular weight excluding hydrogens is 266 g/mol. The Kier molecular flexibility index (Phi) is 3.43. The molecule has 7 nitrogen and oxygen atoms in total. The van der Waals surface area contributed by atoms with Crippen LogP contribution in [0.1, 0.15) is 19.9 Å². The number of sulfonamides is 1. The predicted molar refractivity (Wildman–Crippen MR) is 72.1 cm³/mol. The van der Waals surface area contributed by atoms with Crippen LogP contribution in [0.5, 0.6) is 0 Å². The average Bonchev–Trinajstić information content (AvgIpc) is 2.77. The maximum atomic E-state index is 12.1. The summed E-state index contributed by atoms with van der Waals surface area (Å²) in [5.74, 6) is 0. The van der Waals surface area contributed by atoms with Gasteiger partial charge >= 0.3 is 0 Å². The van der Waals surface area contributed by atoms with E-state index in [0.717, 1.165) is 0 Å². The van der Waals surface area contributed by atoms with Crippen molar-refractivity contribution in [3.8, 4) is 0 Å². The highest BCUT2D eigenvalue weighted by Gasteiger charge is 2.18. The number of aromatic nitrogens is 3. The molecule has 0 aromatic carbocycles. The summed E-state index contributed by atoms with van der Waals surface area (Å²) < 4.78 is 28.3. The minimum Gasteiger partial charge on any atom is -0.398 e. The van der Waals surface area contributed by atoms with Crippen molar-refractivity contribution in [1.29, 1.82) is 0 Å². The lowest BCUT2D eigenvalue weighted by atomic mass is 10.4. The normalized spacial score (nSPS) is 11.7. The average molecular weight is 281 g/mol. The molecule has 0 aliphatic carbocycles. The van der Waals surface area contributed by atoms with Crippen molar-refractivity contribution in [1.82, 2.24) is 14.8 Å². The van der Waals surface area contributed by atoms with Crippen LogP contribution in [-0.2, 0) is 10.0 Å². The summed E-state index contributed by atoms with van der Waals surface area (Å²) in [4.78, 5) is 3.72. The Labute approximate surface area is 111 Å². The van der Waals surface area contributed by atoms with E-state index < -0.39 is 10.0 Å². The molecule has 2 aromatic rings. The Hall–Kier alpha value is -2.09. The van der Waals surface area contributed by atoms with Gasteiger partial charge < -0.3 is 5.73 Å². The molecule has 3 N–H and O–H groups in total. The lowest BCUT2D eigenvalue weighted by Gasteiger charge is -2.07. The molecule has 0 bridgehead atoms. The first-order valence-corrected chi connectivity index (χ1v) is 7.15. The smallest absolute Gasteiger partial charge is 0.265 e. The van der Waals surface area contributed by atoms with Crippen LogP contribution in [0, 0.1) is 0 Å². The van der Waals surface area contributed by atoms with Crippen molar-refractivity contribution in [2.75, 3.05) is 10.5 Å². The van der Waals surface area contributed by atoms with Gasteiger partial charge in [0.15, 0.2) is 0 Å².